The summed E-state index contributed by atoms with van der Waals surface area (Å²) in [7, 11) is 0. The maximum atomic E-state index is 12.7. The van der Waals surface area contributed by atoms with Crippen molar-refractivity contribution in [2.75, 3.05) is 13.1 Å². The third-order valence-corrected chi connectivity index (χ3v) is 5.49. The molecule has 0 bridgehead atoms. The average molecular weight is 367 g/mol. The number of thiazole rings is 1. The molecule has 3 aromatic rings. The molecule has 6 nitrogen and oxygen atoms in total. The number of hydrogen-bond acceptors (Lipinski definition) is 5. The van der Waals surface area contributed by atoms with Gasteiger partial charge in [0.05, 0.1) is 17.2 Å². The summed E-state index contributed by atoms with van der Waals surface area (Å²) in [5, 5.41) is 2.77. The lowest BCUT2D eigenvalue weighted by atomic mass is 9.97. The van der Waals surface area contributed by atoms with E-state index < -0.39 is 0 Å². The molecule has 0 spiro atoms. The Morgan fingerprint density at radius 1 is 1.31 bits per heavy atom. The first-order valence-electron chi connectivity index (χ1n) is 8.83. The molecule has 134 valence electrons. The van der Waals surface area contributed by atoms with Gasteiger partial charge in [-0.05, 0) is 31.9 Å². The highest BCUT2D eigenvalue weighted by molar-refractivity contribution is 7.09. The van der Waals surface area contributed by atoms with Gasteiger partial charge in [-0.2, -0.15) is 0 Å². The largest absolute Gasteiger partial charge is 0.337 e. The van der Waals surface area contributed by atoms with Crippen LogP contribution in [0.15, 0.2) is 42.2 Å². The van der Waals surface area contributed by atoms with E-state index in [0.29, 0.717) is 18.8 Å². The van der Waals surface area contributed by atoms with Gasteiger partial charge in [-0.1, -0.05) is 6.07 Å². The Hall–Kier alpha value is -2.54. The van der Waals surface area contributed by atoms with Gasteiger partial charge in [0.2, 0.25) is 0 Å². The van der Waals surface area contributed by atoms with Crippen LogP contribution in [-0.2, 0) is 6.54 Å². The van der Waals surface area contributed by atoms with Crippen LogP contribution in [0.5, 0.6) is 0 Å². The van der Waals surface area contributed by atoms with Gasteiger partial charge in [0, 0.05) is 43.0 Å². The molecule has 1 aliphatic heterocycles. The molecular formula is C19H21N5OS. The molecule has 1 saturated heterocycles. The van der Waals surface area contributed by atoms with E-state index in [1.165, 1.54) is 11.3 Å². The molecule has 0 saturated carbocycles. The van der Waals surface area contributed by atoms with Gasteiger partial charge in [0.15, 0.2) is 0 Å². The van der Waals surface area contributed by atoms with Crippen molar-refractivity contribution in [1.82, 2.24) is 24.4 Å². The molecule has 4 heterocycles. The number of rotatable bonds is 4. The zero-order chi connectivity index (χ0) is 17.9. The molecule has 1 fully saturated rings. The van der Waals surface area contributed by atoms with Crippen molar-refractivity contribution in [2.24, 2.45) is 0 Å². The van der Waals surface area contributed by atoms with Gasteiger partial charge in [0.25, 0.3) is 5.91 Å². The van der Waals surface area contributed by atoms with Crippen molar-refractivity contribution in [3.05, 3.63) is 64.4 Å². The number of aryl methyl sites for hydroxylation is 1. The number of carbonyl (C=O) groups is 1. The summed E-state index contributed by atoms with van der Waals surface area (Å²) in [6, 6.07) is 5.93. The molecule has 1 atom stereocenters. The number of aromatic nitrogens is 4. The second kappa shape index (κ2) is 7.37. The van der Waals surface area contributed by atoms with E-state index in [4.69, 9.17) is 0 Å². The van der Waals surface area contributed by atoms with Gasteiger partial charge >= 0.3 is 0 Å². The topological polar surface area (TPSA) is 63.9 Å². The van der Waals surface area contributed by atoms with Crippen molar-refractivity contribution in [1.29, 1.82) is 0 Å². The molecule has 4 rings (SSSR count). The molecule has 0 aliphatic carbocycles. The lowest BCUT2D eigenvalue weighted by molar-refractivity contribution is 0.0698. The Labute approximate surface area is 156 Å². The normalized spacial score (nSPS) is 17.4. The molecular weight excluding hydrogens is 346 g/mol. The molecule has 3 aromatic heterocycles. The number of carbonyl (C=O) groups excluding carboxylic acids is 1. The second-order valence-electron chi connectivity index (χ2n) is 6.58. The number of pyridine rings is 1. The molecule has 0 N–H and O–H groups in total. The number of nitrogens with zero attached hydrogens (tertiary/aromatic N) is 5. The summed E-state index contributed by atoms with van der Waals surface area (Å²) in [6.45, 7) is 4.10. The lowest BCUT2D eigenvalue weighted by Gasteiger charge is -2.32. The Kier molecular flexibility index (Phi) is 4.79. The summed E-state index contributed by atoms with van der Waals surface area (Å²) in [5.74, 6) is 1.30. The number of imidazole rings is 1. The van der Waals surface area contributed by atoms with Crippen LogP contribution in [0, 0.1) is 6.92 Å². The highest BCUT2D eigenvalue weighted by atomic mass is 32.1. The monoisotopic (exact) mass is 367 g/mol. The number of piperidine rings is 1. The van der Waals surface area contributed by atoms with Crippen LogP contribution in [0.4, 0.5) is 0 Å². The number of likely N-dealkylation sites (tertiary alicyclic amines) is 1. The maximum Gasteiger partial charge on any atom is 0.273 e. The Morgan fingerprint density at radius 3 is 3.00 bits per heavy atom. The third-order valence-electron chi connectivity index (χ3n) is 4.72. The van der Waals surface area contributed by atoms with Gasteiger partial charge < -0.3 is 9.47 Å². The number of amides is 1. The van der Waals surface area contributed by atoms with E-state index in [-0.39, 0.29) is 11.8 Å². The van der Waals surface area contributed by atoms with Crippen molar-refractivity contribution in [3.63, 3.8) is 0 Å². The first-order valence-corrected chi connectivity index (χ1v) is 9.71. The molecule has 1 aliphatic rings. The van der Waals surface area contributed by atoms with E-state index in [2.05, 4.69) is 19.5 Å². The summed E-state index contributed by atoms with van der Waals surface area (Å²) in [6.07, 6.45) is 7.66. The molecule has 1 unspecified atom stereocenters. The van der Waals surface area contributed by atoms with Crippen LogP contribution in [0.3, 0.4) is 0 Å². The second-order valence-corrected chi connectivity index (χ2v) is 7.64. The standard InChI is InChI=1S/C19H21N5OS/c1-14-22-17(13-26-14)19(25)24-9-4-5-15(11-24)18-21-8-10-23(18)12-16-6-2-3-7-20-16/h2-3,6-8,10,13,15H,4-5,9,11-12H2,1H3. The smallest absolute Gasteiger partial charge is 0.273 e. The Bertz CT molecular complexity index is 888. The first-order chi connectivity index (χ1) is 12.7. The molecule has 1 amide bonds. The fourth-order valence-corrected chi connectivity index (χ4v) is 4.06. The third kappa shape index (κ3) is 3.53. The van der Waals surface area contributed by atoms with Crippen LogP contribution in [0.2, 0.25) is 0 Å². The summed E-state index contributed by atoms with van der Waals surface area (Å²) < 4.78 is 2.15. The lowest BCUT2D eigenvalue weighted by Crippen LogP contribution is -2.40. The predicted octanol–water partition coefficient (Wildman–Crippen LogP) is 3.11. The molecule has 7 heteroatoms. The first kappa shape index (κ1) is 16.9. The van der Waals surface area contributed by atoms with Crippen molar-refractivity contribution in [2.45, 2.75) is 32.2 Å². The van der Waals surface area contributed by atoms with Crippen molar-refractivity contribution >= 4 is 17.2 Å². The van der Waals surface area contributed by atoms with E-state index >= 15 is 0 Å². The maximum absolute atomic E-state index is 12.7. The number of hydrogen-bond donors (Lipinski definition) is 0. The minimum Gasteiger partial charge on any atom is -0.337 e. The highest BCUT2D eigenvalue weighted by Gasteiger charge is 2.28. The fourth-order valence-electron chi connectivity index (χ4n) is 3.48. The SMILES string of the molecule is Cc1nc(C(=O)N2CCCC(c3nccn3Cc3ccccn3)C2)cs1. The highest BCUT2D eigenvalue weighted by Crippen LogP contribution is 2.27. The van der Waals surface area contributed by atoms with Crippen LogP contribution in [0.25, 0.3) is 0 Å². The zero-order valence-electron chi connectivity index (χ0n) is 14.7. The zero-order valence-corrected chi connectivity index (χ0v) is 15.5. The van der Waals surface area contributed by atoms with Gasteiger partial charge in [-0.25, -0.2) is 9.97 Å². The molecule has 0 radical (unpaired) electrons. The Morgan fingerprint density at radius 2 is 2.23 bits per heavy atom. The van der Waals surface area contributed by atoms with E-state index in [0.717, 1.165) is 35.9 Å². The Balaban J connectivity index is 1.50. The quantitative estimate of drug-likeness (QED) is 0.711. The minimum absolute atomic E-state index is 0.0295. The van der Waals surface area contributed by atoms with Crippen LogP contribution in [-0.4, -0.2) is 43.4 Å². The average Bonchev–Trinajstić information content (AvgIpc) is 3.31. The molecule has 26 heavy (non-hydrogen) atoms. The van der Waals surface area contributed by atoms with E-state index in [1.54, 1.807) is 0 Å². The summed E-state index contributed by atoms with van der Waals surface area (Å²) >= 11 is 1.52. The van der Waals surface area contributed by atoms with Crippen molar-refractivity contribution in [3.8, 4) is 0 Å². The van der Waals surface area contributed by atoms with Gasteiger partial charge in [-0.3, -0.25) is 9.78 Å². The van der Waals surface area contributed by atoms with Gasteiger partial charge in [0.1, 0.15) is 11.5 Å². The van der Waals surface area contributed by atoms with E-state index in [9.17, 15) is 4.79 Å². The van der Waals surface area contributed by atoms with Crippen molar-refractivity contribution < 1.29 is 4.79 Å². The summed E-state index contributed by atoms with van der Waals surface area (Å²) in [5.41, 5.74) is 1.57. The van der Waals surface area contributed by atoms with Gasteiger partial charge in [-0.15, -0.1) is 11.3 Å². The van der Waals surface area contributed by atoms with E-state index in [1.807, 2.05) is 54.0 Å². The fraction of sp³-hybridized carbons (Fsp3) is 0.368. The summed E-state index contributed by atoms with van der Waals surface area (Å²) in [4.78, 5) is 28.0. The van der Waals surface area contributed by atoms with Crippen LogP contribution >= 0.6 is 11.3 Å². The minimum atomic E-state index is 0.0295. The van der Waals surface area contributed by atoms with Crippen LogP contribution in [0.1, 0.15) is 45.8 Å². The molecule has 0 aromatic carbocycles. The van der Waals surface area contributed by atoms with Crippen LogP contribution < -0.4 is 0 Å². The predicted molar refractivity (Wildman–Crippen MR) is 100 cm³/mol.